The summed E-state index contributed by atoms with van der Waals surface area (Å²) >= 11 is 0. The largest absolute Gasteiger partial charge is 0.504 e. The monoisotopic (exact) mass is 336 g/mol. The standard InChI is InChI=1S/C18H24O6/c1-4-12-13(10-17(22-2)24-18(12)23-3)14(19)7-5-11-6-8-15(20)16(21)9-11/h4,6,8-9,13,17-18,20-21H,5,7,10H2,1-3H3/b12-4+/t13-,17-,18+/m0/s1. The Hall–Kier alpha value is -1.89. The number of ether oxygens (including phenoxy) is 3. The number of allylic oxidation sites excluding steroid dienone is 1. The van der Waals surface area contributed by atoms with Crippen LogP contribution in [0.25, 0.3) is 0 Å². The van der Waals surface area contributed by atoms with Crippen molar-refractivity contribution in [3.8, 4) is 11.5 Å². The van der Waals surface area contributed by atoms with Crippen molar-refractivity contribution < 1.29 is 29.2 Å². The number of hydrogen-bond acceptors (Lipinski definition) is 6. The average molecular weight is 336 g/mol. The lowest BCUT2D eigenvalue weighted by Crippen LogP contribution is -2.40. The number of carbonyl (C=O) groups is 1. The van der Waals surface area contributed by atoms with E-state index in [0.29, 0.717) is 19.3 Å². The van der Waals surface area contributed by atoms with E-state index in [4.69, 9.17) is 14.2 Å². The van der Waals surface area contributed by atoms with Crippen LogP contribution in [-0.2, 0) is 25.4 Å². The summed E-state index contributed by atoms with van der Waals surface area (Å²) in [5.74, 6) is -0.594. The number of benzene rings is 1. The number of aryl methyl sites for hydroxylation is 1. The van der Waals surface area contributed by atoms with Crippen LogP contribution >= 0.6 is 0 Å². The number of hydrogen-bond donors (Lipinski definition) is 2. The molecular formula is C18H24O6. The van der Waals surface area contributed by atoms with Crippen LogP contribution in [0.4, 0.5) is 0 Å². The topological polar surface area (TPSA) is 85.2 Å². The highest BCUT2D eigenvalue weighted by Gasteiger charge is 2.37. The van der Waals surface area contributed by atoms with Gasteiger partial charge in [0, 0.05) is 33.0 Å². The van der Waals surface area contributed by atoms with E-state index in [2.05, 4.69) is 0 Å². The van der Waals surface area contributed by atoms with E-state index in [0.717, 1.165) is 11.1 Å². The maximum absolute atomic E-state index is 12.7. The number of methoxy groups -OCH3 is 2. The van der Waals surface area contributed by atoms with Gasteiger partial charge >= 0.3 is 0 Å². The van der Waals surface area contributed by atoms with E-state index in [1.54, 1.807) is 13.2 Å². The Balaban J connectivity index is 2.06. The lowest BCUT2D eigenvalue weighted by atomic mass is 9.85. The third kappa shape index (κ3) is 4.14. The van der Waals surface area contributed by atoms with E-state index in [9.17, 15) is 15.0 Å². The second kappa shape index (κ2) is 8.28. The second-order valence-corrected chi connectivity index (χ2v) is 5.74. The maximum atomic E-state index is 12.7. The van der Waals surface area contributed by atoms with Crippen molar-refractivity contribution in [2.75, 3.05) is 14.2 Å². The van der Waals surface area contributed by atoms with E-state index >= 15 is 0 Å². The second-order valence-electron chi connectivity index (χ2n) is 5.74. The van der Waals surface area contributed by atoms with Crippen LogP contribution in [-0.4, -0.2) is 42.8 Å². The van der Waals surface area contributed by atoms with Gasteiger partial charge in [0.05, 0.1) is 0 Å². The summed E-state index contributed by atoms with van der Waals surface area (Å²) in [5.41, 5.74) is 1.60. The van der Waals surface area contributed by atoms with Gasteiger partial charge in [0.25, 0.3) is 0 Å². The molecule has 6 heteroatoms. The Morgan fingerprint density at radius 3 is 2.62 bits per heavy atom. The van der Waals surface area contributed by atoms with Crippen LogP contribution < -0.4 is 0 Å². The van der Waals surface area contributed by atoms with Crippen LogP contribution in [0.2, 0.25) is 0 Å². The molecule has 0 amide bonds. The van der Waals surface area contributed by atoms with Gasteiger partial charge in [-0.05, 0) is 36.6 Å². The zero-order valence-corrected chi connectivity index (χ0v) is 14.2. The lowest BCUT2D eigenvalue weighted by Gasteiger charge is -2.35. The van der Waals surface area contributed by atoms with Gasteiger partial charge in [0.1, 0.15) is 5.78 Å². The van der Waals surface area contributed by atoms with E-state index < -0.39 is 12.6 Å². The highest BCUT2D eigenvalue weighted by atomic mass is 16.8. The Morgan fingerprint density at radius 2 is 2.04 bits per heavy atom. The summed E-state index contributed by atoms with van der Waals surface area (Å²) < 4.78 is 16.2. The van der Waals surface area contributed by atoms with Gasteiger partial charge < -0.3 is 24.4 Å². The van der Waals surface area contributed by atoms with Crippen molar-refractivity contribution in [3.05, 3.63) is 35.4 Å². The molecule has 0 aromatic heterocycles. The number of carbonyl (C=O) groups excluding carboxylic acids is 1. The van der Waals surface area contributed by atoms with Gasteiger partial charge in [0.2, 0.25) is 0 Å². The van der Waals surface area contributed by atoms with Crippen molar-refractivity contribution in [1.29, 1.82) is 0 Å². The molecule has 1 aliphatic heterocycles. The zero-order valence-electron chi connectivity index (χ0n) is 14.2. The minimum atomic E-state index is -0.583. The number of Topliss-reactive ketones (excluding diaryl/α,β-unsaturated/α-hetero) is 1. The van der Waals surface area contributed by atoms with Crippen molar-refractivity contribution >= 4 is 5.78 Å². The highest BCUT2D eigenvalue weighted by Crippen LogP contribution is 2.33. The first kappa shape index (κ1) is 18.4. The molecule has 0 unspecified atom stereocenters. The summed E-state index contributed by atoms with van der Waals surface area (Å²) in [4.78, 5) is 12.7. The minimum absolute atomic E-state index is 0.0723. The molecule has 132 valence electrons. The fourth-order valence-electron chi connectivity index (χ4n) is 2.93. The number of aromatic hydroxyl groups is 2. The summed E-state index contributed by atoms with van der Waals surface area (Å²) in [7, 11) is 3.08. The summed E-state index contributed by atoms with van der Waals surface area (Å²) in [6.07, 6.45) is 2.05. The molecule has 1 saturated heterocycles. The molecule has 1 aliphatic rings. The first-order chi connectivity index (χ1) is 11.5. The molecule has 2 rings (SSSR count). The zero-order chi connectivity index (χ0) is 17.7. The van der Waals surface area contributed by atoms with E-state index in [1.165, 1.54) is 19.2 Å². The van der Waals surface area contributed by atoms with E-state index in [-0.39, 0.29) is 23.2 Å². The van der Waals surface area contributed by atoms with Crippen molar-refractivity contribution in [2.45, 2.75) is 38.8 Å². The van der Waals surface area contributed by atoms with Crippen LogP contribution in [0, 0.1) is 5.92 Å². The van der Waals surface area contributed by atoms with E-state index in [1.807, 2.05) is 13.0 Å². The molecule has 1 aromatic carbocycles. The van der Waals surface area contributed by atoms with Crippen LogP contribution in [0.5, 0.6) is 11.5 Å². The predicted octanol–water partition coefficient (Wildman–Crippen LogP) is 2.53. The molecule has 3 atom stereocenters. The van der Waals surface area contributed by atoms with Gasteiger partial charge in [-0.1, -0.05) is 12.1 Å². The van der Waals surface area contributed by atoms with Gasteiger partial charge in [-0.15, -0.1) is 0 Å². The SMILES string of the molecule is C/C=C1/[C@H](OC)O[C@H](OC)C[C@@H]1C(=O)CCc1ccc(O)c(O)c1. The Labute approximate surface area is 141 Å². The molecular weight excluding hydrogens is 312 g/mol. The smallest absolute Gasteiger partial charge is 0.183 e. The Morgan fingerprint density at radius 1 is 1.29 bits per heavy atom. The van der Waals surface area contributed by atoms with Crippen LogP contribution in [0.3, 0.4) is 0 Å². The van der Waals surface area contributed by atoms with Crippen molar-refractivity contribution in [1.82, 2.24) is 0 Å². The molecule has 1 aromatic rings. The number of ketones is 1. The van der Waals surface area contributed by atoms with Crippen molar-refractivity contribution in [3.63, 3.8) is 0 Å². The first-order valence-electron chi connectivity index (χ1n) is 7.90. The van der Waals surface area contributed by atoms with Crippen LogP contribution in [0.15, 0.2) is 29.8 Å². The molecule has 0 bridgehead atoms. The first-order valence-corrected chi connectivity index (χ1v) is 7.90. The summed E-state index contributed by atoms with van der Waals surface area (Å²) in [6, 6.07) is 4.58. The lowest BCUT2D eigenvalue weighted by molar-refractivity contribution is -0.237. The van der Waals surface area contributed by atoms with Gasteiger partial charge in [-0.25, -0.2) is 0 Å². The molecule has 0 spiro atoms. The normalized spacial score (nSPS) is 25.8. The van der Waals surface area contributed by atoms with Gasteiger partial charge in [-0.3, -0.25) is 4.79 Å². The molecule has 1 fully saturated rings. The molecule has 2 N–H and O–H groups in total. The summed E-state index contributed by atoms with van der Waals surface area (Å²) in [6.45, 7) is 1.86. The third-order valence-corrected chi connectivity index (χ3v) is 4.28. The van der Waals surface area contributed by atoms with Crippen molar-refractivity contribution in [2.24, 2.45) is 5.92 Å². The molecule has 0 radical (unpaired) electrons. The molecule has 1 heterocycles. The molecule has 0 saturated carbocycles. The maximum Gasteiger partial charge on any atom is 0.183 e. The summed E-state index contributed by atoms with van der Waals surface area (Å²) in [5, 5.41) is 18.9. The average Bonchev–Trinajstić information content (AvgIpc) is 2.60. The molecule has 0 aliphatic carbocycles. The fraction of sp³-hybridized carbons (Fsp3) is 0.500. The van der Waals surface area contributed by atoms with Crippen LogP contribution in [0.1, 0.15) is 25.3 Å². The molecule has 6 nitrogen and oxygen atoms in total. The minimum Gasteiger partial charge on any atom is -0.504 e. The number of phenolic OH excluding ortho intramolecular Hbond substituents is 2. The predicted molar refractivity (Wildman–Crippen MR) is 87.6 cm³/mol. The quantitative estimate of drug-likeness (QED) is 0.613. The Kier molecular flexibility index (Phi) is 6.36. The Bertz CT molecular complexity index is 610. The number of rotatable bonds is 6. The van der Waals surface area contributed by atoms with Gasteiger partial charge in [0.15, 0.2) is 24.1 Å². The van der Waals surface area contributed by atoms with Gasteiger partial charge in [-0.2, -0.15) is 0 Å². The highest BCUT2D eigenvalue weighted by molar-refractivity contribution is 5.84. The molecule has 24 heavy (non-hydrogen) atoms. The third-order valence-electron chi connectivity index (χ3n) is 4.28. The number of phenols is 2. The fourth-order valence-corrected chi connectivity index (χ4v) is 2.93.